The Balaban J connectivity index is 1.27. The molecule has 2 amide bonds. The number of nitrogens with zero attached hydrogens (tertiary/aromatic N) is 3. The highest BCUT2D eigenvalue weighted by atomic mass is 19.1. The summed E-state index contributed by atoms with van der Waals surface area (Å²) in [7, 11) is 1.82. The van der Waals surface area contributed by atoms with Crippen molar-refractivity contribution in [2.75, 3.05) is 44.7 Å². The summed E-state index contributed by atoms with van der Waals surface area (Å²) in [6, 6.07) is 15.0. The van der Waals surface area contributed by atoms with Crippen molar-refractivity contribution in [1.29, 1.82) is 0 Å². The molecule has 2 aliphatic heterocycles. The predicted octanol–water partition coefficient (Wildman–Crippen LogP) is 3.72. The lowest BCUT2D eigenvalue weighted by molar-refractivity contribution is 0.113. The number of anilines is 1. The summed E-state index contributed by atoms with van der Waals surface area (Å²) in [6.07, 6.45) is 1.47. The number of amides is 2. The second kappa shape index (κ2) is 10.3. The number of piperazine rings is 1. The van der Waals surface area contributed by atoms with Crippen molar-refractivity contribution in [1.82, 2.24) is 15.1 Å². The number of likely N-dealkylation sites (tertiary alicyclic amines) is 1. The summed E-state index contributed by atoms with van der Waals surface area (Å²) in [5.41, 5.74) is 2.16. The van der Waals surface area contributed by atoms with Crippen LogP contribution in [0.2, 0.25) is 0 Å². The van der Waals surface area contributed by atoms with Gasteiger partial charge in [0, 0.05) is 77.0 Å². The van der Waals surface area contributed by atoms with Crippen molar-refractivity contribution in [2.45, 2.75) is 38.5 Å². The van der Waals surface area contributed by atoms with Crippen molar-refractivity contribution in [3.05, 3.63) is 59.9 Å². The second-order valence-corrected chi connectivity index (χ2v) is 8.86. The molecule has 1 N–H and O–H groups in total. The van der Waals surface area contributed by atoms with E-state index >= 15 is 0 Å². The number of hydrogen-bond acceptors (Lipinski definition) is 4. The van der Waals surface area contributed by atoms with Gasteiger partial charge in [-0.1, -0.05) is 18.2 Å². The number of piperidine rings is 1. The highest BCUT2D eigenvalue weighted by Crippen LogP contribution is 2.22. The zero-order valence-corrected chi connectivity index (χ0v) is 19.0. The molecule has 7 heteroatoms. The average Bonchev–Trinajstić information content (AvgIpc) is 2.79. The number of ether oxygens (including phenoxy) is 1. The molecular weight excluding hydrogens is 407 g/mol. The molecule has 2 heterocycles. The Hall–Kier alpha value is -2.64. The van der Waals surface area contributed by atoms with Gasteiger partial charge in [0.25, 0.3) is 0 Å². The number of halogens is 1. The minimum absolute atomic E-state index is 0.00172. The Labute approximate surface area is 189 Å². The molecule has 0 bridgehead atoms. The molecule has 2 aromatic rings. The third kappa shape index (κ3) is 5.78. The van der Waals surface area contributed by atoms with Crippen molar-refractivity contribution >= 4 is 11.7 Å². The number of carbonyl (C=O) groups excluding carboxylic acids is 1. The van der Waals surface area contributed by atoms with E-state index in [1.165, 1.54) is 17.7 Å². The Morgan fingerprint density at radius 1 is 1.16 bits per heavy atom. The molecule has 0 aromatic heterocycles. The van der Waals surface area contributed by atoms with E-state index in [2.05, 4.69) is 29.3 Å². The molecule has 0 unspecified atom stereocenters. The molecule has 0 radical (unpaired) electrons. The third-order valence-electron chi connectivity index (χ3n) is 6.28. The monoisotopic (exact) mass is 440 g/mol. The lowest BCUT2D eigenvalue weighted by Crippen LogP contribution is -2.48. The van der Waals surface area contributed by atoms with Crippen LogP contribution in [0.1, 0.15) is 25.3 Å². The zero-order valence-electron chi connectivity index (χ0n) is 19.0. The molecule has 32 heavy (non-hydrogen) atoms. The van der Waals surface area contributed by atoms with Crippen LogP contribution in [0.4, 0.5) is 14.9 Å². The molecule has 0 spiro atoms. The fourth-order valence-electron chi connectivity index (χ4n) is 4.46. The largest absolute Gasteiger partial charge is 0.490 e. The van der Waals surface area contributed by atoms with Gasteiger partial charge in [0.1, 0.15) is 17.7 Å². The molecule has 2 fully saturated rings. The molecule has 2 aromatic carbocycles. The van der Waals surface area contributed by atoms with Crippen LogP contribution in [0.5, 0.6) is 5.75 Å². The highest BCUT2D eigenvalue weighted by molar-refractivity contribution is 5.91. The van der Waals surface area contributed by atoms with Crippen molar-refractivity contribution in [3.8, 4) is 5.75 Å². The van der Waals surface area contributed by atoms with Gasteiger partial charge in [-0.15, -0.1) is 0 Å². The molecule has 2 saturated heterocycles. The Kier molecular flexibility index (Phi) is 7.27. The molecule has 0 aliphatic carbocycles. The van der Waals surface area contributed by atoms with Crippen molar-refractivity contribution < 1.29 is 13.9 Å². The van der Waals surface area contributed by atoms with E-state index in [1.807, 2.05) is 24.1 Å². The average molecular weight is 441 g/mol. The first-order valence-corrected chi connectivity index (χ1v) is 11.5. The van der Waals surface area contributed by atoms with E-state index in [0.717, 1.165) is 44.7 Å². The summed E-state index contributed by atoms with van der Waals surface area (Å²) in [4.78, 5) is 19.0. The van der Waals surface area contributed by atoms with E-state index < -0.39 is 0 Å². The Bertz CT molecular complexity index is 899. The van der Waals surface area contributed by atoms with Crippen molar-refractivity contribution in [2.24, 2.45) is 0 Å². The summed E-state index contributed by atoms with van der Waals surface area (Å²) in [5.74, 6) is 0.243. The number of urea groups is 1. The first-order valence-electron chi connectivity index (χ1n) is 11.5. The lowest BCUT2D eigenvalue weighted by atomic mass is 10.1. The maximum Gasteiger partial charge on any atom is 0.324 e. The first-order chi connectivity index (χ1) is 15.5. The smallest absolute Gasteiger partial charge is 0.324 e. The fraction of sp³-hybridized carbons (Fsp3) is 0.480. The predicted molar refractivity (Wildman–Crippen MR) is 125 cm³/mol. The van der Waals surface area contributed by atoms with Crippen LogP contribution in [-0.4, -0.2) is 67.7 Å². The first kappa shape index (κ1) is 22.6. The molecule has 6 nitrogen and oxygen atoms in total. The van der Waals surface area contributed by atoms with Crippen LogP contribution in [0.15, 0.2) is 48.5 Å². The number of carbonyl (C=O) groups is 1. The van der Waals surface area contributed by atoms with Crippen LogP contribution in [-0.2, 0) is 6.54 Å². The Morgan fingerprint density at radius 2 is 1.91 bits per heavy atom. The molecule has 1 atom stereocenters. The lowest BCUT2D eigenvalue weighted by Gasteiger charge is -2.34. The summed E-state index contributed by atoms with van der Waals surface area (Å²) in [5, 5.41) is 3.47. The van der Waals surface area contributed by atoms with E-state index in [1.54, 1.807) is 17.0 Å². The van der Waals surface area contributed by atoms with E-state index in [4.69, 9.17) is 4.74 Å². The quantitative estimate of drug-likeness (QED) is 0.770. The minimum Gasteiger partial charge on any atom is -0.490 e. The van der Waals surface area contributed by atoms with Crippen LogP contribution >= 0.6 is 0 Å². The van der Waals surface area contributed by atoms with Gasteiger partial charge in [-0.2, -0.15) is 0 Å². The minimum atomic E-state index is -0.301. The normalized spacial score (nSPS) is 20.2. The van der Waals surface area contributed by atoms with Gasteiger partial charge < -0.3 is 15.0 Å². The third-order valence-corrected chi connectivity index (χ3v) is 6.28. The maximum atomic E-state index is 13.4. The summed E-state index contributed by atoms with van der Waals surface area (Å²) < 4.78 is 19.2. The van der Waals surface area contributed by atoms with Gasteiger partial charge >= 0.3 is 6.03 Å². The van der Waals surface area contributed by atoms with Crippen LogP contribution in [0, 0.1) is 5.82 Å². The second-order valence-electron chi connectivity index (χ2n) is 8.86. The van der Waals surface area contributed by atoms with E-state index in [0.29, 0.717) is 24.9 Å². The molecule has 172 valence electrons. The zero-order chi connectivity index (χ0) is 22.5. The maximum absolute atomic E-state index is 13.4. The standard InChI is InChI=1S/C25H33FN4O2/c1-19-17-29(15-12-27-19)18-20-6-8-22(9-7-20)28(2)25(31)30-13-10-23(11-14-30)32-24-5-3-4-21(26)16-24/h3-9,16,19,23,27H,10-15,17-18H2,1-2H3/t19-/m0/s1. The SMILES string of the molecule is C[C@H]1CN(Cc2ccc(N(C)C(=O)N3CCC(Oc4cccc(F)c4)CC3)cc2)CCN1. The van der Waals surface area contributed by atoms with Gasteiger partial charge in [0.2, 0.25) is 0 Å². The Morgan fingerprint density at radius 3 is 2.59 bits per heavy atom. The summed E-state index contributed by atoms with van der Waals surface area (Å²) >= 11 is 0. The molecule has 4 rings (SSSR count). The number of rotatable bonds is 5. The van der Waals surface area contributed by atoms with Gasteiger partial charge in [-0.05, 0) is 36.8 Å². The number of benzene rings is 2. The molecule has 0 saturated carbocycles. The number of nitrogens with one attached hydrogen (secondary N) is 1. The topological polar surface area (TPSA) is 48.0 Å². The number of hydrogen-bond donors (Lipinski definition) is 1. The van der Waals surface area contributed by atoms with Crippen molar-refractivity contribution in [3.63, 3.8) is 0 Å². The van der Waals surface area contributed by atoms with Gasteiger partial charge in [-0.25, -0.2) is 9.18 Å². The van der Waals surface area contributed by atoms with Crippen LogP contribution in [0.3, 0.4) is 0 Å². The van der Waals surface area contributed by atoms with Gasteiger partial charge in [-0.3, -0.25) is 9.80 Å². The van der Waals surface area contributed by atoms with Crippen LogP contribution < -0.4 is 15.0 Å². The van der Waals surface area contributed by atoms with Gasteiger partial charge in [0.05, 0.1) is 0 Å². The molecule has 2 aliphatic rings. The van der Waals surface area contributed by atoms with Gasteiger partial charge in [0.15, 0.2) is 0 Å². The fourth-order valence-corrected chi connectivity index (χ4v) is 4.46. The summed E-state index contributed by atoms with van der Waals surface area (Å²) in [6.45, 7) is 7.54. The highest BCUT2D eigenvalue weighted by Gasteiger charge is 2.26. The van der Waals surface area contributed by atoms with Crippen LogP contribution in [0.25, 0.3) is 0 Å². The molecular formula is C25H33FN4O2. The van der Waals surface area contributed by atoms with E-state index in [9.17, 15) is 9.18 Å². The van der Waals surface area contributed by atoms with E-state index in [-0.39, 0.29) is 18.0 Å².